The van der Waals surface area contributed by atoms with Crippen LogP contribution >= 0.6 is 34.7 Å². The number of hydrogen-bond donors (Lipinski definition) is 1. The molecule has 1 saturated heterocycles. The van der Waals surface area contributed by atoms with Gasteiger partial charge in [0.1, 0.15) is 4.88 Å². The molecule has 2 heterocycles. The summed E-state index contributed by atoms with van der Waals surface area (Å²) in [5.74, 6) is 0.595. The maximum absolute atomic E-state index is 12.8. The van der Waals surface area contributed by atoms with E-state index in [0.717, 1.165) is 28.4 Å². The van der Waals surface area contributed by atoms with Crippen molar-refractivity contribution in [1.82, 2.24) is 4.90 Å². The van der Waals surface area contributed by atoms with Gasteiger partial charge in [-0.2, -0.15) is 11.8 Å². The Labute approximate surface area is 147 Å². The molecule has 120 valence electrons. The second-order valence-electron chi connectivity index (χ2n) is 5.11. The molecule has 1 atom stereocenters. The first-order chi connectivity index (χ1) is 11.1. The summed E-state index contributed by atoms with van der Waals surface area (Å²) in [6, 6.07) is 10.6. The van der Waals surface area contributed by atoms with Crippen molar-refractivity contribution in [1.29, 1.82) is 0 Å². The number of nitrogens with zero attached hydrogens (tertiary/aromatic N) is 1. The zero-order valence-electron chi connectivity index (χ0n) is 12.1. The largest absolute Gasteiger partial charge is 0.477 e. The Morgan fingerprint density at radius 3 is 2.48 bits per heavy atom. The predicted octanol–water partition coefficient (Wildman–Crippen LogP) is 4.03. The van der Waals surface area contributed by atoms with Gasteiger partial charge in [0.25, 0.3) is 5.91 Å². The first-order valence-corrected chi connectivity index (χ1v) is 9.38. The molecule has 2 aromatic rings. The van der Waals surface area contributed by atoms with Crippen LogP contribution in [0, 0.1) is 0 Å². The molecule has 1 aliphatic rings. The summed E-state index contributed by atoms with van der Waals surface area (Å²) in [6.07, 6.45) is 0. The summed E-state index contributed by atoms with van der Waals surface area (Å²) in [5.41, 5.74) is 1.05. The molecule has 0 bridgehead atoms. The quantitative estimate of drug-likeness (QED) is 0.889. The number of rotatable bonds is 3. The highest BCUT2D eigenvalue weighted by Gasteiger charge is 2.30. The van der Waals surface area contributed by atoms with E-state index in [1.807, 2.05) is 40.9 Å². The molecule has 0 radical (unpaired) electrons. The second-order valence-corrected chi connectivity index (χ2v) is 7.78. The number of thiophene rings is 1. The first kappa shape index (κ1) is 16.4. The van der Waals surface area contributed by atoms with Crippen LogP contribution in [0.2, 0.25) is 5.02 Å². The smallest absolute Gasteiger partial charge is 0.345 e. The van der Waals surface area contributed by atoms with Gasteiger partial charge in [-0.05, 0) is 29.8 Å². The number of carbonyl (C=O) groups is 2. The zero-order chi connectivity index (χ0) is 16.4. The normalized spacial score (nSPS) is 18.0. The van der Waals surface area contributed by atoms with Gasteiger partial charge >= 0.3 is 5.97 Å². The standard InChI is InChI=1S/C16H14ClNO3S2/c17-11-3-1-10(2-4-11)12-9-22-8-7-18(12)15(19)13-5-6-14(23-13)16(20)21/h1-6,12H,7-9H2,(H,20,21). The van der Waals surface area contributed by atoms with Crippen molar-refractivity contribution in [2.45, 2.75) is 6.04 Å². The second kappa shape index (κ2) is 6.95. The van der Waals surface area contributed by atoms with E-state index in [0.29, 0.717) is 16.4 Å². The molecule has 0 saturated carbocycles. The van der Waals surface area contributed by atoms with Gasteiger partial charge in [-0.25, -0.2) is 4.79 Å². The summed E-state index contributed by atoms with van der Waals surface area (Å²) in [4.78, 5) is 26.3. The third kappa shape index (κ3) is 3.54. The lowest BCUT2D eigenvalue weighted by Crippen LogP contribution is -2.40. The van der Waals surface area contributed by atoms with E-state index in [9.17, 15) is 9.59 Å². The lowest BCUT2D eigenvalue weighted by atomic mass is 10.1. The first-order valence-electron chi connectivity index (χ1n) is 7.03. The van der Waals surface area contributed by atoms with Gasteiger partial charge in [-0.1, -0.05) is 23.7 Å². The fourth-order valence-corrected chi connectivity index (χ4v) is 4.53. The number of aromatic carboxylic acids is 1. The Bertz CT molecular complexity index is 729. The van der Waals surface area contributed by atoms with Gasteiger partial charge < -0.3 is 10.0 Å². The summed E-state index contributed by atoms with van der Waals surface area (Å²) >= 11 is 8.77. The molecular formula is C16H14ClNO3S2. The van der Waals surface area contributed by atoms with E-state index in [-0.39, 0.29) is 16.8 Å². The van der Waals surface area contributed by atoms with Gasteiger partial charge in [0, 0.05) is 23.1 Å². The van der Waals surface area contributed by atoms with Crippen molar-refractivity contribution in [2.24, 2.45) is 0 Å². The minimum absolute atomic E-state index is 0.0195. The van der Waals surface area contributed by atoms with Crippen LogP contribution in [0.4, 0.5) is 0 Å². The number of carbonyl (C=O) groups excluding carboxylic acids is 1. The Balaban J connectivity index is 1.86. The molecule has 7 heteroatoms. The molecule has 3 rings (SSSR count). The monoisotopic (exact) mass is 367 g/mol. The van der Waals surface area contributed by atoms with E-state index in [2.05, 4.69) is 0 Å². The van der Waals surface area contributed by atoms with E-state index in [4.69, 9.17) is 16.7 Å². The molecule has 1 N–H and O–H groups in total. The van der Waals surface area contributed by atoms with Crippen LogP contribution in [0.1, 0.15) is 30.9 Å². The molecule has 1 amide bonds. The molecular weight excluding hydrogens is 354 g/mol. The van der Waals surface area contributed by atoms with Crippen molar-refractivity contribution in [3.63, 3.8) is 0 Å². The lowest BCUT2D eigenvalue weighted by molar-refractivity contribution is 0.0696. The van der Waals surface area contributed by atoms with Crippen molar-refractivity contribution >= 4 is 46.6 Å². The van der Waals surface area contributed by atoms with Crippen molar-refractivity contribution in [3.05, 3.63) is 56.7 Å². The number of hydrogen-bond acceptors (Lipinski definition) is 4. The topological polar surface area (TPSA) is 57.6 Å². The molecule has 1 aromatic heterocycles. The maximum atomic E-state index is 12.8. The number of thioether (sulfide) groups is 1. The third-order valence-electron chi connectivity index (χ3n) is 3.67. The van der Waals surface area contributed by atoms with Crippen LogP contribution in [0.3, 0.4) is 0 Å². The van der Waals surface area contributed by atoms with E-state index in [1.165, 1.54) is 6.07 Å². The van der Waals surface area contributed by atoms with Gasteiger partial charge in [-0.3, -0.25) is 4.79 Å². The molecule has 1 aromatic carbocycles. The van der Waals surface area contributed by atoms with E-state index in [1.54, 1.807) is 6.07 Å². The van der Waals surface area contributed by atoms with Crippen LogP contribution < -0.4 is 0 Å². The minimum atomic E-state index is -1.00. The number of halogens is 1. The fourth-order valence-electron chi connectivity index (χ4n) is 2.52. The highest BCUT2D eigenvalue weighted by molar-refractivity contribution is 7.99. The molecule has 0 aliphatic carbocycles. The minimum Gasteiger partial charge on any atom is -0.477 e. The van der Waals surface area contributed by atoms with Crippen LogP contribution in [0.25, 0.3) is 0 Å². The SMILES string of the molecule is O=C(O)c1ccc(C(=O)N2CCSCC2c2ccc(Cl)cc2)s1. The van der Waals surface area contributed by atoms with Gasteiger partial charge in [0.05, 0.1) is 10.9 Å². The van der Waals surface area contributed by atoms with Gasteiger partial charge in [-0.15, -0.1) is 11.3 Å². The highest BCUT2D eigenvalue weighted by atomic mass is 35.5. The number of amides is 1. The molecule has 1 fully saturated rings. The summed E-state index contributed by atoms with van der Waals surface area (Å²) in [6.45, 7) is 0.650. The molecule has 4 nitrogen and oxygen atoms in total. The zero-order valence-corrected chi connectivity index (χ0v) is 14.5. The molecule has 23 heavy (non-hydrogen) atoms. The van der Waals surface area contributed by atoms with Gasteiger partial charge in [0.2, 0.25) is 0 Å². The van der Waals surface area contributed by atoms with Crippen molar-refractivity contribution in [3.8, 4) is 0 Å². The third-order valence-corrected chi connectivity index (χ3v) is 6.01. The van der Waals surface area contributed by atoms with E-state index >= 15 is 0 Å². The van der Waals surface area contributed by atoms with Crippen LogP contribution in [0.15, 0.2) is 36.4 Å². The molecule has 1 unspecified atom stereocenters. The highest BCUT2D eigenvalue weighted by Crippen LogP contribution is 2.32. The number of carboxylic acids is 1. The Morgan fingerprint density at radius 2 is 1.83 bits per heavy atom. The number of benzene rings is 1. The summed E-state index contributed by atoms with van der Waals surface area (Å²) < 4.78 is 0. The maximum Gasteiger partial charge on any atom is 0.345 e. The molecule has 0 spiro atoms. The predicted molar refractivity (Wildman–Crippen MR) is 93.8 cm³/mol. The van der Waals surface area contributed by atoms with E-state index < -0.39 is 5.97 Å². The van der Waals surface area contributed by atoms with Crippen LogP contribution in [-0.4, -0.2) is 39.9 Å². The number of carboxylic acid groups (broad SMARTS) is 1. The average Bonchev–Trinajstić information content (AvgIpc) is 3.05. The average molecular weight is 368 g/mol. The molecule has 1 aliphatic heterocycles. The summed E-state index contributed by atoms with van der Waals surface area (Å²) in [5, 5.41) is 9.68. The summed E-state index contributed by atoms with van der Waals surface area (Å²) in [7, 11) is 0. The van der Waals surface area contributed by atoms with Crippen LogP contribution in [-0.2, 0) is 0 Å². The lowest BCUT2D eigenvalue weighted by Gasteiger charge is -2.35. The van der Waals surface area contributed by atoms with Gasteiger partial charge in [0.15, 0.2) is 0 Å². The Kier molecular flexibility index (Phi) is 4.94. The fraction of sp³-hybridized carbons (Fsp3) is 0.250. The van der Waals surface area contributed by atoms with Crippen molar-refractivity contribution in [2.75, 3.05) is 18.1 Å². The van der Waals surface area contributed by atoms with Crippen molar-refractivity contribution < 1.29 is 14.7 Å². The van der Waals surface area contributed by atoms with Crippen LogP contribution in [0.5, 0.6) is 0 Å². The Hall–Kier alpha value is -1.50. The Morgan fingerprint density at radius 1 is 1.13 bits per heavy atom.